The molecule has 4 amide bonds. The molecule has 2 aromatic rings. The minimum atomic E-state index is -3.90. The number of fused-ring (bicyclic) bond motifs is 4. The first kappa shape index (κ1) is 38.4. The fourth-order valence-electron chi connectivity index (χ4n) is 7.65. The van der Waals surface area contributed by atoms with E-state index in [1.54, 1.807) is 19.2 Å². The van der Waals surface area contributed by atoms with Crippen molar-refractivity contribution < 1.29 is 46.5 Å². The Labute approximate surface area is 320 Å². The molecule has 1 aromatic heterocycles. The molecule has 1 aromatic carbocycles. The first-order valence-electron chi connectivity index (χ1n) is 19.1. The van der Waals surface area contributed by atoms with Crippen molar-refractivity contribution in [2.75, 3.05) is 27.4 Å². The minimum absolute atomic E-state index is 0.0190. The summed E-state index contributed by atoms with van der Waals surface area (Å²) in [5, 5.41) is 5.69. The van der Waals surface area contributed by atoms with E-state index in [1.807, 2.05) is 37.3 Å². The Morgan fingerprint density at radius 2 is 1.87 bits per heavy atom. The van der Waals surface area contributed by atoms with Crippen molar-refractivity contribution in [1.82, 2.24) is 25.2 Å². The van der Waals surface area contributed by atoms with Crippen molar-refractivity contribution in [2.24, 2.45) is 11.8 Å². The topological polar surface area (TPSA) is 192 Å². The number of nitrogens with zero attached hydrogens (tertiary/aromatic N) is 2. The van der Waals surface area contributed by atoms with Gasteiger partial charge in [-0.15, -0.1) is 0 Å². The average molecular weight is 780 g/mol. The summed E-state index contributed by atoms with van der Waals surface area (Å²) in [5.74, 6) is -1.10. The molecule has 3 N–H and O–H groups in total. The molecule has 0 radical (unpaired) electrons. The third-order valence-corrected chi connectivity index (χ3v) is 12.9. The predicted molar refractivity (Wildman–Crippen MR) is 202 cm³/mol. The van der Waals surface area contributed by atoms with Crippen molar-refractivity contribution in [3.63, 3.8) is 0 Å². The number of rotatable bonds is 5. The van der Waals surface area contributed by atoms with Crippen LogP contribution in [0.25, 0.3) is 17.0 Å². The van der Waals surface area contributed by atoms with Crippen molar-refractivity contribution in [2.45, 2.75) is 100 Å². The number of pyridine rings is 1. The van der Waals surface area contributed by atoms with E-state index < -0.39 is 68.7 Å². The number of aromatic nitrogens is 1. The van der Waals surface area contributed by atoms with Crippen LogP contribution in [0, 0.1) is 11.8 Å². The zero-order chi connectivity index (χ0) is 38.9. The highest BCUT2D eigenvalue weighted by atomic mass is 32.2. The Kier molecular flexibility index (Phi) is 11.0. The molecule has 6 atom stereocenters. The largest absolute Gasteiger partial charge is 0.496 e. The molecule has 3 fully saturated rings. The molecule has 0 unspecified atom stereocenters. The summed E-state index contributed by atoms with van der Waals surface area (Å²) in [4.78, 5) is 61.9. The van der Waals surface area contributed by atoms with Crippen LogP contribution in [0.15, 0.2) is 36.4 Å². The molecule has 16 heteroatoms. The Morgan fingerprint density at radius 3 is 2.64 bits per heavy atom. The van der Waals surface area contributed by atoms with E-state index >= 15 is 0 Å². The lowest BCUT2D eigenvalue weighted by atomic mass is 10.0. The molecular formula is C39H49N5O10S. The summed E-state index contributed by atoms with van der Waals surface area (Å²) >= 11 is 0. The van der Waals surface area contributed by atoms with Gasteiger partial charge in [0.05, 0.1) is 38.1 Å². The molecule has 4 heterocycles. The Bertz CT molecular complexity index is 2020. The van der Waals surface area contributed by atoms with Gasteiger partial charge in [-0.2, -0.15) is 0 Å². The van der Waals surface area contributed by atoms with Crippen molar-refractivity contribution >= 4 is 50.8 Å². The van der Waals surface area contributed by atoms with E-state index in [9.17, 15) is 27.6 Å². The van der Waals surface area contributed by atoms with Gasteiger partial charge in [0.25, 0.3) is 5.91 Å². The van der Waals surface area contributed by atoms with E-state index in [-0.39, 0.29) is 37.8 Å². The molecule has 5 aliphatic rings. The maximum Gasteiger partial charge on any atom is 0.407 e. The smallest absolute Gasteiger partial charge is 0.407 e. The minimum Gasteiger partial charge on any atom is -0.496 e. The molecule has 296 valence electrons. The number of alkyl carbamates (subject to hydrolysis) is 1. The third-order valence-electron chi connectivity index (χ3n) is 11.1. The van der Waals surface area contributed by atoms with Crippen LogP contribution in [-0.4, -0.2) is 98.5 Å². The summed E-state index contributed by atoms with van der Waals surface area (Å²) in [6.07, 6.45) is 11.2. The lowest BCUT2D eigenvalue weighted by Crippen LogP contribution is -2.58. The van der Waals surface area contributed by atoms with Crippen LogP contribution in [-0.2, 0) is 29.1 Å². The van der Waals surface area contributed by atoms with E-state index in [0.717, 1.165) is 18.4 Å². The lowest BCUT2D eigenvalue weighted by Gasteiger charge is -2.29. The Morgan fingerprint density at radius 1 is 1.05 bits per heavy atom. The lowest BCUT2D eigenvalue weighted by molar-refractivity contribution is -0.141. The summed E-state index contributed by atoms with van der Waals surface area (Å²) in [6.45, 7) is 2.04. The number of nitrogens with one attached hydrogen (secondary N) is 3. The number of cyclic esters (lactones) is 1. The molecule has 3 aliphatic heterocycles. The number of ether oxygens (including phenoxy) is 4. The maximum absolute atomic E-state index is 14.5. The standard InChI is InChI=1S/C39H49N5O10S/c1-23-10-9-11-24-16-28-30(18-32(24)51-2)40-34(52-3)19-33(28)54-26-17-31-35(45)42-39(37(47)43-55(49,50)27-14-15-27)20-25(39)12-7-5-4-6-8-13-29(36(46)44(31)21-26)41-38(48)53-22-23/h7,9,11-12,16,18-19,23,25-27,29,31H,4-6,8,10,13-15,17,20-22H2,1-3H3,(H,41,48)(H,42,45)(H,43,47)/b11-9+,12-7-/t23-,25+,26+,29-,31-,39+/m0/s1. The van der Waals surface area contributed by atoms with Gasteiger partial charge in [0.1, 0.15) is 35.2 Å². The number of carbonyl (C=O) groups excluding carboxylic acids is 4. The summed E-state index contributed by atoms with van der Waals surface area (Å²) in [5.41, 5.74) is -0.202. The highest BCUT2D eigenvalue weighted by Crippen LogP contribution is 2.46. The molecule has 2 aliphatic carbocycles. The van der Waals surface area contributed by atoms with E-state index in [2.05, 4.69) is 20.3 Å². The number of sulfonamides is 1. The van der Waals surface area contributed by atoms with Crippen LogP contribution >= 0.6 is 0 Å². The maximum atomic E-state index is 14.5. The van der Waals surface area contributed by atoms with Gasteiger partial charge in [0.15, 0.2) is 0 Å². The second-order valence-corrected chi connectivity index (χ2v) is 17.3. The molecular weight excluding hydrogens is 731 g/mol. The number of amides is 4. The second-order valence-electron chi connectivity index (χ2n) is 15.3. The molecule has 2 saturated carbocycles. The number of methoxy groups -OCH3 is 2. The predicted octanol–water partition coefficient (Wildman–Crippen LogP) is 3.75. The zero-order valence-electron chi connectivity index (χ0n) is 31.4. The second kappa shape index (κ2) is 15.7. The summed E-state index contributed by atoms with van der Waals surface area (Å²) in [7, 11) is -0.837. The zero-order valence-corrected chi connectivity index (χ0v) is 32.2. The first-order valence-corrected chi connectivity index (χ1v) is 20.6. The van der Waals surface area contributed by atoms with Crippen molar-refractivity contribution in [1.29, 1.82) is 0 Å². The molecule has 7 rings (SSSR count). The van der Waals surface area contributed by atoms with E-state index in [4.69, 9.17) is 18.9 Å². The molecule has 55 heavy (non-hydrogen) atoms. The summed E-state index contributed by atoms with van der Waals surface area (Å²) in [6, 6.07) is 3.22. The normalized spacial score (nSPS) is 30.2. The fraction of sp³-hybridized carbons (Fsp3) is 0.564. The van der Waals surface area contributed by atoms with Gasteiger partial charge in [-0.25, -0.2) is 18.2 Å². The highest BCUT2D eigenvalue weighted by Gasteiger charge is 2.62. The van der Waals surface area contributed by atoms with Gasteiger partial charge < -0.3 is 34.5 Å². The van der Waals surface area contributed by atoms with Gasteiger partial charge in [0.2, 0.25) is 27.7 Å². The first-order chi connectivity index (χ1) is 26.4. The van der Waals surface area contributed by atoms with Gasteiger partial charge >= 0.3 is 6.09 Å². The van der Waals surface area contributed by atoms with Crippen LogP contribution in [0.3, 0.4) is 0 Å². The number of allylic oxidation sites excluding steroid dienone is 2. The summed E-state index contributed by atoms with van der Waals surface area (Å²) < 4.78 is 51.4. The van der Waals surface area contributed by atoms with Gasteiger partial charge in [0, 0.05) is 35.4 Å². The van der Waals surface area contributed by atoms with Crippen LogP contribution in [0.5, 0.6) is 17.4 Å². The third kappa shape index (κ3) is 8.38. The molecule has 15 nitrogen and oxygen atoms in total. The fourth-order valence-corrected chi connectivity index (χ4v) is 9.01. The van der Waals surface area contributed by atoms with Crippen LogP contribution < -0.4 is 29.6 Å². The number of benzene rings is 1. The average Bonchev–Trinajstić information content (AvgIpc) is 4.09. The monoisotopic (exact) mass is 779 g/mol. The van der Waals surface area contributed by atoms with Crippen molar-refractivity contribution in [3.8, 4) is 17.4 Å². The van der Waals surface area contributed by atoms with E-state index in [1.165, 1.54) is 12.0 Å². The van der Waals surface area contributed by atoms with E-state index in [0.29, 0.717) is 60.9 Å². The number of hydrogen-bond donors (Lipinski definition) is 3. The van der Waals surface area contributed by atoms with Gasteiger partial charge in [-0.3, -0.25) is 19.1 Å². The Balaban J connectivity index is 1.27. The van der Waals surface area contributed by atoms with Gasteiger partial charge in [-0.05, 0) is 56.9 Å². The highest BCUT2D eigenvalue weighted by molar-refractivity contribution is 7.91. The van der Waals surface area contributed by atoms with Crippen LogP contribution in [0.4, 0.5) is 4.79 Å². The van der Waals surface area contributed by atoms with Crippen LogP contribution in [0.2, 0.25) is 0 Å². The van der Waals surface area contributed by atoms with Crippen LogP contribution in [0.1, 0.15) is 76.7 Å². The number of hydrogen-bond acceptors (Lipinski definition) is 11. The number of carbonyl (C=O) groups is 4. The molecule has 1 saturated heterocycles. The Hall–Kier alpha value is -4.86. The molecule has 0 spiro atoms. The quantitative estimate of drug-likeness (QED) is 0.375. The van der Waals surface area contributed by atoms with Crippen molar-refractivity contribution in [3.05, 3.63) is 42.0 Å². The SMILES string of the molecule is COc1cc2c3cc(c(OC)cc3n1)/C=C/C[C@H](C)COC(=O)N[C@H]1CCCCC/C=C\[C@@H]3C[C@@]3(C(=O)NS(=O)(=O)C3CC3)NC(=O)[C@@H]3C[C@H](CN3C1=O)O2. The van der Waals surface area contributed by atoms with Gasteiger partial charge in [-0.1, -0.05) is 44.1 Å². The molecule has 5 bridgehead atoms.